The molecule has 112 valence electrons. The third kappa shape index (κ3) is 2.58. The zero-order chi connectivity index (χ0) is 15.0. The maximum absolute atomic E-state index is 12.2. The zero-order valence-corrected chi connectivity index (χ0v) is 12.6. The van der Waals surface area contributed by atoms with Gasteiger partial charge in [-0.3, -0.25) is 14.5 Å². The second-order valence-electron chi connectivity index (χ2n) is 6.10. The molecule has 1 aromatic rings. The molecule has 2 amide bonds. The number of nitrogens with two attached hydrogens (primary N) is 1. The Balaban J connectivity index is 1.85. The second kappa shape index (κ2) is 5.43. The number of hydrogen-bond acceptors (Lipinski definition) is 3. The van der Waals surface area contributed by atoms with Gasteiger partial charge in [-0.2, -0.15) is 0 Å². The summed E-state index contributed by atoms with van der Waals surface area (Å²) in [6, 6.07) is 7.19. The van der Waals surface area contributed by atoms with Gasteiger partial charge in [0.05, 0.1) is 6.04 Å². The predicted octanol–water partition coefficient (Wildman–Crippen LogP) is 2.24. The minimum absolute atomic E-state index is 0.0954. The monoisotopic (exact) mass is 306 g/mol. The molecule has 0 unspecified atom stereocenters. The van der Waals surface area contributed by atoms with Crippen LogP contribution in [0.4, 0.5) is 0 Å². The SMILES string of the molecule is N[C@H]1CCC(=O)N(CC2(c3ccc(Cl)cc3)CCC2)C1=O. The number of likely N-dealkylation sites (tertiary alicyclic amines) is 1. The summed E-state index contributed by atoms with van der Waals surface area (Å²) < 4.78 is 0. The van der Waals surface area contributed by atoms with Crippen LogP contribution in [0, 0.1) is 0 Å². The number of nitrogens with zero attached hydrogens (tertiary/aromatic N) is 1. The summed E-state index contributed by atoms with van der Waals surface area (Å²) in [6.07, 6.45) is 3.92. The summed E-state index contributed by atoms with van der Waals surface area (Å²) in [5.41, 5.74) is 6.84. The first-order valence-corrected chi connectivity index (χ1v) is 7.75. The molecule has 0 bridgehead atoms. The number of carbonyl (C=O) groups excluding carboxylic acids is 2. The molecule has 0 radical (unpaired) electrons. The van der Waals surface area contributed by atoms with E-state index in [1.54, 1.807) is 0 Å². The van der Waals surface area contributed by atoms with Crippen LogP contribution in [-0.4, -0.2) is 29.3 Å². The van der Waals surface area contributed by atoms with E-state index in [1.165, 1.54) is 4.90 Å². The summed E-state index contributed by atoms with van der Waals surface area (Å²) in [7, 11) is 0. The highest BCUT2D eigenvalue weighted by Crippen LogP contribution is 2.45. The summed E-state index contributed by atoms with van der Waals surface area (Å²) >= 11 is 5.95. The number of hydrogen-bond donors (Lipinski definition) is 1. The van der Waals surface area contributed by atoms with Crippen LogP contribution in [-0.2, 0) is 15.0 Å². The Hall–Kier alpha value is -1.39. The number of amides is 2. The molecule has 2 N–H and O–H groups in total. The molecular weight excluding hydrogens is 288 g/mol. The molecule has 1 atom stereocenters. The molecule has 0 spiro atoms. The van der Waals surface area contributed by atoms with E-state index in [0.717, 1.165) is 24.8 Å². The average molecular weight is 307 g/mol. The van der Waals surface area contributed by atoms with Crippen molar-refractivity contribution < 1.29 is 9.59 Å². The van der Waals surface area contributed by atoms with E-state index in [4.69, 9.17) is 17.3 Å². The summed E-state index contributed by atoms with van der Waals surface area (Å²) in [4.78, 5) is 25.7. The molecule has 2 fully saturated rings. The van der Waals surface area contributed by atoms with Gasteiger partial charge in [-0.15, -0.1) is 0 Å². The van der Waals surface area contributed by atoms with Crippen molar-refractivity contribution in [2.24, 2.45) is 5.73 Å². The predicted molar refractivity (Wildman–Crippen MR) is 80.9 cm³/mol. The third-order valence-corrected chi connectivity index (χ3v) is 5.03. The lowest BCUT2D eigenvalue weighted by molar-refractivity contribution is -0.151. The fourth-order valence-electron chi connectivity index (χ4n) is 3.27. The molecule has 1 heterocycles. The molecule has 1 aliphatic heterocycles. The fraction of sp³-hybridized carbons (Fsp3) is 0.500. The van der Waals surface area contributed by atoms with Crippen molar-refractivity contribution in [2.75, 3.05) is 6.54 Å². The van der Waals surface area contributed by atoms with Gasteiger partial charge in [-0.05, 0) is 37.0 Å². The highest BCUT2D eigenvalue weighted by atomic mass is 35.5. The van der Waals surface area contributed by atoms with Crippen molar-refractivity contribution in [1.29, 1.82) is 0 Å². The maximum Gasteiger partial charge on any atom is 0.246 e. The van der Waals surface area contributed by atoms with Gasteiger partial charge in [0.2, 0.25) is 11.8 Å². The number of benzene rings is 1. The number of carbonyl (C=O) groups is 2. The van der Waals surface area contributed by atoms with Gasteiger partial charge < -0.3 is 5.73 Å². The van der Waals surface area contributed by atoms with Crippen molar-refractivity contribution >= 4 is 23.4 Å². The van der Waals surface area contributed by atoms with E-state index in [2.05, 4.69) is 0 Å². The molecule has 4 nitrogen and oxygen atoms in total. The maximum atomic E-state index is 12.2. The van der Waals surface area contributed by atoms with Crippen molar-refractivity contribution in [2.45, 2.75) is 43.6 Å². The van der Waals surface area contributed by atoms with E-state index in [1.807, 2.05) is 24.3 Å². The molecule has 1 aliphatic carbocycles. The first-order chi connectivity index (χ1) is 10.0. The summed E-state index contributed by atoms with van der Waals surface area (Å²) in [5.74, 6) is -0.326. The zero-order valence-electron chi connectivity index (χ0n) is 11.8. The molecule has 1 aromatic carbocycles. The number of imide groups is 1. The van der Waals surface area contributed by atoms with E-state index in [9.17, 15) is 9.59 Å². The Labute approximate surface area is 129 Å². The van der Waals surface area contributed by atoms with E-state index in [0.29, 0.717) is 24.4 Å². The number of piperidine rings is 1. The number of halogens is 1. The topological polar surface area (TPSA) is 63.4 Å². The fourth-order valence-corrected chi connectivity index (χ4v) is 3.40. The largest absolute Gasteiger partial charge is 0.320 e. The van der Waals surface area contributed by atoms with Crippen LogP contribution in [0.2, 0.25) is 5.02 Å². The van der Waals surface area contributed by atoms with Crippen molar-refractivity contribution in [3.05, 3.63) is 34.9 Å². The van der Waals surface area contributed by atoms with Crippen molar-refractivity contribution in [3.63, 3.8) is 0 Å². The van der Waals surface area contributed by atoms with Crippen LogP contribution in [0.25, 0.3) is 0 Å². The van der Waals surface area contributed by atoms with Crippen LogP contribution in [0.3, 0.4) is 0 Å². The summed E-state index contributed by atoms with van der Waals surface area (Å²) in [5, 5.41) is 0.695. The van der Waals surface area contributed by atoms with Gasteiger partial charge in [0, 0.05) is 23.4 Å². The van der Waals surface area contributed by atoms with E-state index < -0.39 is 6.04 Å². The third-order valence-electron chi connectivity index (χ3n) is 4.78. The lowest BCUT2D eigenvalue weighted by Gasteiger charge is -2.46. The second-order valence-corrected chi connectivity index (χ2v) is 6.54. The lowest BCUT2D eigenvalue weighted by Crippen LogP contribution is -2.56. The van der Waals surface area contributed by atoms with Gasteiger partial charge in [0.25, 0.3) is 0 Å². The molecular formula is C16H19ClN2O2. The van der Waals surface area contributed by atoms with Gasteiger partial charge >= 0.3 is 0 Å². The highest BCUT2D eigenvalue weighted by molar-refractivity contribution is 6.30. The Morgan fingerprint density at radius 2 is 1.90 bits per heavy atom. The highest BCUT2D eigenvalue weighted by Gasteiger charge is 2.44. The minimum atomic E-state index is -0.537. The van der Waals surface area contributed by atoms with Crippen LogP contribution < -0.4 is 5.73 Å². The molecule has 5 heteroatoms. The molecule has 3 rings (SSSR count). The smallest absolute Gasteiger partial charge is 0.246 e. The molecule has 0 aromatic heterocycles. The first-order valence-electron chi connectivity index (χ1n) is 7.38. The van der Waals surface area contributed by atoms with E-state index in [-0.39, 0.29) is 17.2 Å². The van der Waals surface area contributed by atoms with Crippen molar-refractivity contribution in [3.8, 4) is 0 Å². The molecule has 1 saturated heterocycles. The van der Waals surface area contributed by atoms with Crippen LogP contribution in [0.5, 0.6) is 0 Å². The molecule has 2 aliphatic rings. The Morgan fingerprint density at radius 3 is 2.48 bits per heavy atom. The van der Waals surface area contributed by atoms with Crippen molar-refractivity contribution in [1.82, 2.24) is 4.90 Å². The normalized spacial score (nSPS) is 24.9. The quantitative estimate of drug-likeness (QED) is 0.871. The Kier molecular flexibility index (Phi) is 3.76. The minimum Gasteiger partial charge on any atom is -0.320 e. The average Bonchev–Trinajstić information content (AvgIpc) is 2.43. The van der Waals surface area contributed by atoms with Gasteiger partial charge in [0.15, 0.2) is 0 Å². The van der Waals surface area contributed by atoms with Gasteiger partial charge in [0.1, 0.15) is 0 Å². The van der Waals surface area contributed by atoms with E-state index >= 15 is 0 Å². The van der Waals surface area contributed by atoms with Crippen LogP contribution >= 0.6 is 11.6 Å². The molecule has 1 saturated carbocycles. The van der Waals surface area contributed by atoms with Crippen LogP contribution in [0.1, 0.15) is 37.7 Å². The lowest BCUT2D eigenvalue weighted by atomic mass is 9.64. The van der Waals surface area contributed by atoms with Crippen LogP contribution in [0.15, 0.2) is 24.3 Å². The Morgan fingerprint density at radius 1 is 1.24 bits per heavy atom. The first kappa shape index (κ1) is 14.5. The standard InChI is InChI=1S/C16H19ClN2O2/c17-12-4-2-11(3-5-12)16(8-1-9-16)10-19-14(20)7-6-13(18)15(19)21/h2-5,13H,1,6-10,18H2/t13-/m0/s1. The van der Waals surface area contributed by atoms with Gasteiger partial charge in [-0.25, -0.2) is 0 Å². The number of rotatable bonds is 3. The molecule has 21 heavy (non-hydrogen) atoms. The Bertz CT molecular complexity index is 566. The summed E-state index contributed by atoms with van der Waals surface area (Å²) in [6.45, 7) is 0.444. The van der Waals surface area contributed by atoms with Gasteiger partial charge in [-0.1, -0.05) is 30.2 Å².